The van der Waals surface area contributed by atoms with Crippen molar-refractivity contribution in [2.45, 2.75) is 12.8 Å². The van der Waals surface area contributed by atoms with E-state index >= 15 is 0 Å². The highest BCUT2D eigenvalue weighted by Gasteiger charge is 2.09. The van der Waals surface area contributed by atoms with Gasteiger partial charge in [0.1, 0.15) is 11.6 Å². The fourth-order valence-corrected chi connectivity index (χ4v) is 1.81. The van der Waals surface area contributed by atoms with Gasteiger partial charge >= 0.3 is 5.97 Å². The zero-order valence-corrected chi connectivity index (χ0v) is 10.8. The summed E-state index contributed by atoms with van der Waals surface area (Å²) in [4.78, 5) is 10.8. The van der Waals surface area contributed by atoms with Crippen molar-refractivity contribution >= 4 is 27.6 Å². The fourth-order valence-electron chi connectivity index (χ4n) is 1.26. The average Bonchev–Trinajstić information content (AvgIpc) is 2.26. The summed E-state index contributed by atoms with van der Waals surface area (Å²) in [6.45, 7) is 0.399. The molecule has 0 spiro atoms. The molecule has 0 fully saturated rings. The molecular formula is C11H12BrF2NO2. The molecule has 0 atom stereocenters. The highest BCUT2D eigenvalue weighted by molar-refractivity contribution is 9.10. The Balaban J connectivity index is 2.50. The summed E-state index contributed by atoms with van der Waals surface area (Å²) in [7, 11) is 1.31. The van der Waals surface area contributed by atoms with Gasteiger partial charge in [-0.3, -0.25) is 4.79 Å². The van der Waals surface area contributed by atoms with Crippen LogP contribution in [0.4, 0.5) is 14.5 Å². The molecule has 0 unspecified atom stereocenters. The molecule has 1 aromatic carbocycles. The number of halogens is 3. The lowest BCUT2D eigenvalue weighted by atomic mass is 10.2. The third-order valence-corrected chi connectivity index (χ3v) is 2.72. The van der Waals surface area contributed by atoms with Crippen LogP contribution in [0.15, 0.2) is 16.6 Å². The van der Waals surface area contributed by atoms with Gasteiger partial charge in [-0.1, -0.05) is 0 Å². The Labute approximate surface area is 106 Å². The number of anilines is 1. The topological polar surface area (TPSA) is 38.3 Å². The normalized spacial score (nSPS) is 10.1. The van der Waals surface area contributed by atoms with Crippen LogP contribution in [0.3, 0.4) is 0 Å². The van der Waals surface area contributed by atoms with Crippen LogP contribution in [0.1, 0.15) is 12.8 Å². The van der Waals surface area contributed by atoms with Gasteiger partial charge in [-0.05, 0) is 28.4 Å². The predicted octanol–water partition coefficient (Wildman–Crippen LogP) is 3.09. The number of hydrogen-bond acceptors (Lipinski definition) is 3. The van der Waals surface area contributed by atoms with Gasteiger partial charge in [-0.15, -0.1) is 0 Å². The average molecular weight is 308 g/mol. The number of ether oxygens (including phenoxy) is 1. The standard InChI is InChI=1S/C11H12BrF2NO2/c1-17-10(16)3-2-4-15-11-8(12)5-7(13)6-9(11)14/h5-6,15H,2-4H2,1H3. The molecule has 6 heteroatoms. The number of rotatable bonds is 5. The Morgan fingerprint density at radius 1 is 1.47 bits per heavy atom. The maximum Gasteiger partial charge on any atom is 0.305 e. The second kappa shape index (κ2) is 6.54. The second-order valence-electron chi connectivity index (χ2n) is 3.35. The Hall–Kier alpha value is -1.17. The monoisotopic (exact) mass is 307 g/mol. The van der Waals surface area contributed by atoms with E-state index in [9.17, 15) is 13.6 Å². The summed E-state index contributed by atoms with van der Waals surface area (Å²) in [6.07, 6.45) is 0.764. The van der Waals surface area contributed by atoms with Crippen LogP contribution >= 0.6 is 15.9 Å². The van der Waals surface area contributed by atoms with Gasteiger partial charge < -0.3 is 10.1 Å². The molecule has 1 rings (SSSR count). The van der Waals surface area contributed by atoms with Gasteiger partial charge in [-0.2, -0.15) is 0 Å². The first-order valence-corrected chi connectivity index (χ1v) is 5.79. The lowest BCUT2D eigenvalue weighted by molar-refractivity contribution is -0.140. The third-order valence-electron chi connectivity index (χ3n) is 2.09. The van der Waals surface area contributed by atoms with Crippen molar-refractivity contribution in [1.82, 2.24) is 0 Å². The second-order valence-corrected chi connectivity index (χ2v) is 4.21. The van der Waals surface area contributed by atoms with Crippen LogP contribution < -0.4 is 5.32 Å². The van der Waals surface area contributed by atoms with Crippen molar-refractivity contribution in [2.75, 3.05) is 19.0 Å². The zero-order valence-electron chi connectivity index (χ0n) is 9.23. The van der Waals surface area contributed by atoms with E-state index in [-0.39, 0.29) is 18.1 Å². The van der Waals surface area contributed by atoms with Crippen molar-refractivity contribution in [3.8, 4) is 0 Å². The molecule has 0 aliphatic carbocycles. The molecule has 3 nitrogen and oxygen atoms in total. The molecule has 0 amide bonds. The molecule has 0 aromatic heterocycles. The summed E-state index contributed by atoms with van der Waals surface area (Å²) in [6, 6.07) is 1.97. The predicted molar refractivity (Wildman–Crippen MR) is 63.8 cm³/mol. The first kappa shape index (κ1) is 13.9. The molecule has 1 aromatic rings. The summed E-state index contributed by atoms with van der Waals surface area (Å²) in [5, 5.41) is 2.79. The van der Waals surface area contributed by atoms with E-state index < -0.39 is 11.6 Å². The van der Waals surface area contributed by atoms with E-state index in [0.717, 1.165) is 6.07 Å². The van der Waals surface area contributed by atoms with E-state index in [2.05, 4.69) is 26.0 Å². The van der Waals surface area contributed by atoms with Gasteiger partial charge in [0.15, 0.2) is 0 Å². The van der Waals surface area contributed by atoms with Crippen LogP contribution in [0.5, 0.6) is 0 Å². The molecule has 0 saturated heterocycles. The number of carbonyl (C=O) groups excluding carboxylic acids is 1. The molecule has 0 bridgehead atoms. The minimum Gasteiger partial charge on any atom is -0.469 e. The minimum atomic E-state index is -0.671. The van der Waals surface area contributed by atoms with Crippen LogP contribution in [0.2, 0.25) is 0 Å². The van der Waals surface area contributed by atoms with Crippen molar-refractivity contribution in [3.63, 3.8) is 0 Å². The highest BCUT2D eigenvalue weighted by atomic mass is 79.9. The van der Waals surface area contributed by atoms with Crippen LogP contribution in [-0.4, -0.2) is 19.6 Å². The van der Waals surface area contributed by atoms with Crippen LogP contribution in [0, 0.1) is 11.6 Å². The molecule has 0 heterocycles. The number of hydrogen-bond donors (Lipinski definition) is 1. The van der Waals surface area contributed by atoms with E-state index in [1.807, 2.05) is 0 Å². The van der Waals surface area contributed by atoms with E-state index in [1.54, 1.807) is 0 Å². The third kappa shape index (κ3) is 4.30. The Kier molecular flexibility index (Phi) is 5.34. The van der Waals surface area contributed by atoms with Gasteiger partial charge in [-0.25, -0.2) is 8.78 Å². The summed E-state index contributed by atoms with van der Waals surface area (Å²) < 4.78 is 30.9. The quantitative estimate of drug-likeness (QED) is 0.671. The van der Waals surface area contributed by atoms with Crippen molar-refractivity contribution in [1.29, 1.82) is 0 Å². The fraction of sp³-hybridized carbons (Fsp3) is 0.364. The summed E-state index contributed by atoms with van der Waals surface area (Å²) >= 11 is 3.06. The van der Waals surface area contributed by atoms with E-state index in [1.165, 1.54) is 13.2 Å². The lowest BCUT2D eigenvalue weighted by Gasteiger charge is -2.09. The number of carbonyl (C=O) groups is 1. The molecule has 94 valence electrons. The molecule has 0 aliphatic rings. The SMILES string of the molecule is COC(=O)CCCNc1c(F)cc(F)cc1Br. The van der Waals surface area contributed by atoms with Crippen LogP contribution in [0.25, 0.3) is 0 Å². The molecule has 17 heavy (non-hydrogen) atoms. The first-order chi connectivity index (χ1) is 8.04. The summed E-state index contributed by atoms with van der Waals surface area (Å²) in [5.74, 6) is -1.63. The highest BCUT2D eigenvalue weighted by Crippen LogP contribution is 2.26. The Morgan fingerprint density at radius 2 is 2.18 bits per heavy atom. The largest absolute Gasteiger partial charge is 0.469 e. The van der Waals surface area contributed by atoms with Crippen molar-refractivity contribution in [2.24, 2.45) is 0 Å². The number of methoxy groups -OCH3 is 1. The smallest absolute Gasteiger partial charge is 0.305 e. The van der Waals surface area contributed by atoms with Crippen LogP contribution in [-0.2, 0) is 9.53 Å². The molecule has 0 aliphatic heterocycles. The molecule has 0 radical (unpaired) electrons. The molecule has 0 saturated carbocycles. The van der Waals surface area contributed by atoms with Gasteiger partial charge in [0.05, 0.1) is 12.8 Å². The molecule has 1 N–H and O–H groups in total. The van der Waals surface area contributed by atoms with Crippen molar-refractivity contribution < 1.29 is 18.3 Å². The van der Waals surface area contributed by atoms with Gasteiger partial charge in [0, 0.05) is 23.5 Å². The Morgan fingerprint density at radius 3 is 2.76 bits per heavy atom. The maximum absolute atomic E-state index is 13.3. The zero-order chi connectivity index (χ0) is 12.8. The van der Waals surface area contributed by atoms with Gasteiger partial charge in [0.2, 0.25) is 0 Å². The van der Waals surface area contributed by atoms with Gasteiger partial charge in [0.25, 0.3) is 0 Å². The van der Waals surface area contributed by atoms with Crippen molar-refractivity contribution in [3.05, 3.63) is 28.2 Å². The Bertz CT molecular complexity index is 389. The van der Waals surface area contributed by atoms with E-state index in [0.29, 0.717) is 17.4 Å². The first-order valence-electron chi connectivity index (χ1n) is 5.00. The lowest BCUT2D eigenvalue weighted by Crippen LogP contribution is -2.08. The minimum absolute atomic E-state index is 0.191. The number of esters is 1. The molecular weight excluding hydrogens is 296 g/mol. The number of nitrogens with one attached hydrogen (secondary N) is 1. The maximum atomic E-state index is 13.3. The summed E-state index contributed by atoms with van der Waals surface area (Å²) in [5.41, 5.74) is 0.191. The van der Waals surface area contributed by atoms with E-state index in [4.69, 9.17) is 0 Å². The number of benzene rings is 1.